The Morgan fingerprint density at radius 3 is 2.64 bits per heavy atom. The van der Waals surface area contributed by atoms with Crippen LogP contribution < -0.4 is 5.32 Å². The van der Waals surface area contributed by atoms with Crippen molar-refractivity contribution in [1.29, 1.82) is 0 Å². The van der Waals surface area contributed by atoms with E-state index < -0.39 is 0 Å². The molecule has 1 aromatic heterocycles. The van der Waals surface area contributed by atoms with Gasteiger partial charge in [-0.15, -0.1) is 11.3 Å². The van der Waals surface area contributed by atoms with E-state index in [1.807, 2.05) is 30.0 Å². The van der Waals surface area contributed by atoms with E-state index in [0.29, 0.717) is 30.3 Å². The summed E-state index contributed by atoms with van der Waals surface area (Å²) in [5.74, 6) is 0.672. The molecule has 2 aliphatic rings. The average Bonchev–Trinajstić information content (AvgIpc) is 3.30. The Morgan fingerprint density at radius 2 is 2.00 bits per heavy atom. The van der Waals surface area contributed by atoms with Gasteiger partial charge in [-0.2, -0.15) is 0 Å². The van der Waals surface area contributed by atoms with Crippen LogP contribution in [-0.4, -0.2) is 52.8 Å². The lowest BCUT2D eigenvalue weighted by Crippen LogP contribution is -2.48. The van der Waals surface area contributed by atoms with Gasteiger partial charge in [0.25, 0.3) is 5.91 Å². The summed E-state index contributed by atoms with van der Waals surface area (Å²) in [6, 6.07) is 7.29. The van der Waals surface area contributed by atoms with E-state index in [-0.39, 0.29) is 17.7 Å². The summed E-state index contributed by atoms with van der Waals surface area (Å²) in [4.78, 5) is 33.8. The van der Waals surface area contributed by atoms with Gasteiger partial charge >= 0.3 is 0 Å². The predicted octanol–water partition coefficient (Wildman–Crippen LogP) is 3.00. The minimum absolute atomic E-state index is 0.0278. The Kier molecular flexibility index (Phi) is 5.46. The first kappa shape index (κ1) is 19.1. The third kappa shape index (κ3) is 4.42. The van der Waals surface area contributed by atoms with Crippen LogP contribution in [0.2, 0.25) is 0 Å². The third-order valence-electron chi connectivity index (χ3n) is 5.53. The van der Waals surface area contributed by atoms with Crippen molar-refractivity contribution in [2.24, 2.45) is 11.8 Å². The van der Waals surface area contributed by atoms with Crippen LogP contribution in [0.25, 0.3) is 0 Å². The predicted molar refractivity (Wildman–Crippen MR) is 110 cm³/mol. The average molecular weight is 399 g/mol. The van der Waals surface area contributed by atoms with Gasteiger partial charge in [0, 0.05) is 55.3 Å². The molecule has 7 heteroatoms. The molecular formula is C21H26N4O2S. The van der Waals surface area contributed by atoms with E-state index in [4.69, 9.17) is 0 Å². The molecule has 2 heterocycles. The number of benzene rings is 1. The van der Waals surface area contributed by atoms with Crippen molar-refractivity contribution in [1.82, 2.24) is 14.8 Å². The van der Waals surface area contributed by atoms with Gasteiger partial charge in [-0.3, -0.25) is 14.5 Å². The van der Waals surface area contributed by atoms with Crippen LogP contribution in [0.1, 0.15) is 34.4 Å². The second-order valence-corrected chi connectivity index (χ2v) is 8.88. The van der Waals surface area contributed by atoms with Crippen molar-refractivity contribution >= 4 is 28.8 Å². The molecule has 1 N–H and O–H groups in total. The SMILES string of the molecule is Cc1nc(CN2CCN(C(=O)c3cccc(NC(=O)C4CC4C)c3)CC2)cs1. The molecule has 2 aromatic rings. The van der Waals surface area contributed by atoms with Crippen molar-refractivity contribution < 1.29 is 9.59 Å². The van der Waals surface area contributed by atoms with Crippen molar-refractivity contribution in [2.75, 3.05) is 31.5 Å². The Balaban J connectivity index is 1.32. The number of hydrogen-bond donors (Lipinski definition) is 1. The van der Waals surface area contributed by atoms with E-state index in [9.17, 15) is 9.59 Å². The number of carbonyl (C=O) groups excluding carboxylic acids is 2. The van der Waals surface area contributed by atoms with E-state index in [1.165, 1.54) is 0 Å². The summed E-state index contributed by atoms with van der Waals surface area (Å²) >= 11 is 1.67. The number of carbonyl (C=O) groups is 2. The zero-order valence-corrected chi connectivity index (χ0v) is 17.2. The quantitative estimate of drug-likeness (QED) is 0.841. The third-order valence-corrected chi connectivity index (χ3v) is 6.36. The lowest BCUT2D eigenvalue weighted by atomic mass is 10.1. The van der Waals surface area contributed by atoms with Crippen molar-refractivity contribution in [2.45, 2.75) is 26.8 Å². The van der Waals surface area contributed by atoms with E-state index in [0.717, 1.165) is 36.8 Å². The standard InChI is InChI=1S/C21H26N4O2S/c1-14-10-19(14)20(26)23-17-5-3-4-16(11-17)21(27)25-8-6-24(7-9-25)12-18-13-28-15(2)22-18/h3-5,11,13-14,19H,6-10,12H2,1-2H3,(H,23,26). The van der Waals surface area contributed by atoms with E-state index in [1.54, 1.807) is 17.4 Å². The summed E-state index contributed by atoms with van der Waals surface area (Å²) in [6.07, 6.45) is 0.954. The summed E-state index contributed by atoms with van der Waals surface area (Å²) in [5, 5.41) is 6.14. The first-order valence-corrected chi connectivity index (χ1v) is 10.7. The monoisotopic (exact) mass is 398 g/mol. The van der Waals surface area contributed by atoms with E-state index in [2.05, 4.69) is 27.5 Å². The van der Waals surface area contributed by atoms with Gasteiger partial charge in [-0.25, -0.2) is 4.98 Å². The molecule has 28 heavy (non-hydrogen) atoms. The molecule has 1 saturated carbocycles. The molecule has 1 aliphatic heterocycles. The minimum atomic E-state index is 0.0278. The fourth-order valence-corrected chi connectivity index (χ4v) is 4.26. The van der Waals surface area contributed by atoms with Crippen molar-refractivity contribution in [3.05, 3.63) is 45.9 Å². The highest BCUT2D eigenvalue weighted by atomic mass is 32.1. The minimum Gasteiger partial charge on any atom is -0.336 e. The van der Waals surface area contributed by atoms with Gasteiger partial charge in [-0.05, 0) is 37.5 Å². The molecule has 6 nitrogen and oxygen atoms in total. The molecule has 2 atom stereocenters. The number of piperazine rings is 1. The summed E-state index contributed by atoms with van der Waals surface area (Å²) in [6.45, 7) is 8.05. The first-order chi connectivity index (χ1) is 13.5. The van der Waals surface area contributed by atoms with Crippen LogP contribution in [0.3, 0.4) is 0 Å². The largest absolute Gasteiger partial charge is 0.336 e. The number of thiazole rings is 1. The molecule has 1 saturated heterocycles. The second-order valence-electron chi connectivity index (χ2n) is 7.82. The molecule has 0 radical (unpaired) electrons. The fourth-order valence-electron chi connectivity index (χ4n) is 3.65. The highest BCUT2D eigenvalue weighted by Crippen LogP contribution is 2.38. The lowest BCUT2D eigenvalue weighted by molar-refractivity contribution is -0.117. The maximum absolute atomic E-state index is 12.9. The Morgan fingerprint density at radius 1 is 1.25 bits per heavy atom. The van der Waals surface area contributed by atoms with Crippen LogP contribution >= 0.6 is 11.3 Å². The Labute approximate surface area is 169 Å². The number of aryl methyl sites for hydroxylation is 1. The molecule has 0 spiro atoms. The number of rotatable bonds is 5. The molecule has 2 unspecified atom stereocenters. The normalized spacial score (nSPS) is 22.1. The second kappa shape index (κ2) is 8.01. The summed E-state index contributed by atoms with van der Waals surface area (Å²) < 4.78 is 0. The van der Waals surface area contributed by atoms with Gasteiger partial charge in [0.2, 0.25) is 5.91 Å². The fraction of sp³-hybridized carbons (Fsp3) is 0.476. The number of anilines is 1. The molecular weight excluding hydrogens is 372 g/mol. The summed E-state index contributed by atoms with van der Waals surface area (Å²) in [5.41, 5.74) is 2.44. The number of aromatic nitrogens is 1. The summed E-state index contributed by atoms with van der Waals surface area (Å²) in [7, 11) is 0. The molecule has 148 valence electrons. The van der Waals surface area contributed by atoms with Gasteiger partial charge in [0.05, 0.1) is 10.7 Å². The smallest absolute Gasteiger partial charge is 0.254 e. The van der Waals surface area contributed by atoms with Crippen LogP contribution in [0.5, 0.6) is 0 Å². The topological polar surface area (TPSA) is 65.5 Å². The number of amides is 2. The van der Waals surface area contributed by atoms with Crippen LogP contribution in [0, 0.1) is 18.8 Å². The van der Waals surface area contributed by atoms with Gasteiger partial charge in [0.15, 0.2) is 0 Å². The number of nitrogens with one attached hydrogen (secondary N) is 1. The molecule has 0 bridgehead atoms. The molecule has 2 amide bonds. The number of nitrogens with zero attached hydrogens (tertiary/aromatic N) is 3. The van der Waals surface area contributed by atoms with Crippen LogP contribution in [-0.2, 0) is 11.3 Å². The lowest BCUT2D eigenvalue weighted by Gasteiger charge is -2.34. The van der Waals surface area contributed by atoms with Gasteiger partial charge < -0.3 is 10.2 Å². The molecule has 1 aromatic carbocycles. The zero-order valence-electron chi connectivity index (χ0n) is 16.4. The Hall–Kier alpha value is -2.25. The maximum atomic E-state index is 12.9. The van der Waals surface area contributed by atoms with Crippen molar-refractivity contribution in [3.63, 3.8) is 0 Å². The molecule has 1 aliphatic carbocycles. The zero-order chi connectivity index (χ0) is 19.7. The highest BCUT2D eigenvalue weighted by Gasteiger charge is 2.39. The highest BCUT2D eigenvalue weighted by molar-refractivity contribution is 7.09. The maximum Gasteiger partial charge on any atom is 0.254 e. The molecule has 4 rings (SSSR count). The number of hydrogen-bond acceptors (Lipinski definition) is 5. The first-order valence-electron chi connectivity index (χ1n) is 9.83. The van der Waals surface area contributed by atoms with E-state index >= 15 is 0 Å². The Bertz CT molecular complexity index is 873. The van der Waals surface area contributed by atoms with Gasteiger partial charge in [-0.1, -0.05) is 13.0 Å². The van der Waals surface area contributed by atoms with Crippen LogP contribution in [0.4, 0.5) is 5.69 Å². The van der Waals surface area contributed by atoms with Crippen LogP contribution in [0.15, 0.2) is 29.6 Å². The molecule has 2 fully saturated rings. The van der Waals surface area contributed by atoms with Crippen molar-refractivity contribution in [3.8, 4) is 0 Å². The van der Waals surface area contributed by atoms with Gasteiger partial charge in [0.1, 0.15) is 0 Å².